The minimum Gasteiger partial charge on any atom is -0.334 e. The number of nitrogens with one attached hydrogen (secondary N) is 3. The number of nitrogens with zero attached hydrogens (tertiary/aromatic N) is 5. The van der Waals surface area contributed by atoms with Crippen LogP contribution in [0.1, 0.15) is 53.6 Å². The van der Waals surface area contributed by atoms with Gasteiger partial charge in [-0.1, -0.05) is 39.0 Å². The number of aromatic amines is 1. The second kappa shape index (κ2) is 10.1. The van der Waals surface area contributed by atoms with Crippen molar-refractivity contribution < 1.29 is 4.79 Å². The summed E-state index contributed by atoms with van der Waals surface area (Å²) in [5.41, 5.74) is 6.24. The van der Waals surface area contributed by atoms with E-state index in [1.54, 1.807) is 18.3 Å². The lowest BCUT2D eigenvalue weighted by molar-refractivity contribution is 0.102. The number of carbonyl (C=O) groups is 1. The smallest absolute Gasteiger partial charge is 0.287 e. The molecule has 0 spiro atoms. The number of anilines is 3. The first-order chi connectivity index (χ1) is 18.5. The second-order valence-corrected chi connectivity index (χ2v) is 11.2. The molecule has 4 heterocycles. The number of rotatable bonds is 5. The van der Waals surface area contributed by atoms with E-state index in [0.29, 0.717) is 28.6 Å². The van der Waals surface area contributed by atoms with Crippen molar-refractivity contribution >= 4 is 23.1 Å². The quantitative estimate of drug-likeness (QED) is 0.353. The number of H-pyrrole nitrogens is 1. The fourth-order valence-corrected chi connectivity index (χ4v) is 4.70. The molecule has 1 aromatic carbocycles. The molecule has 5 rings (SSSR count). The summed E-state index contributed by atoms with van der Waals surface area (Å²) in [5.74, 6) is 0.325. The molecule has 0 saturated carbocycles. The Morgan fingerprint density at radius 2 is 1.87 bits per heavy atom. The Bertz CT molecular complexity index is 1600. The normalized spacial score (nSPS) is 13.7. The Morgan fingerprint density at radius 1 is 1.08 bits per heavy atom. The van der Waals surface area contributed by atoms with Gasteiger partial charge in [0, 0.05) is 36.6 Å². The zero-order chi connectivity index (χ0) is 27.9. The van der Waals surface area contributed by atoms with Crippen LogP contribution in [-0.4, -0.2) is 49.4 Å². The first-order valence-electron chi connectivity index (χ1n) is 13.0. The van der Waals surface area contributed by atoms with Crippen molar-refractivity contribution in [1.29, 1.82) is 0 Å². The molecule has 39 heavy (non-hydrogen) atoms. The van der Waals surface area contributed by atoms with Gasteiger partial charge in [0.05, 0.1) is 17.9 Å². The van der Waals surface area contributed by atoms with Crippen LogP contribution in [0.15, 0.2) is 47.4 Å². The molecule has 4 aromatic rings. The van der Waals surface area contributed by atoms with Gasteiger partial charge >= 0.3 is 0 Å². The highest BCUT2D eigenvalue weighted by molar-refractivity contribution is 6.04. The largest absolute Gasteiger partial charge is 0.334 e. The van der Waals surface area contributed by atoms with Gasteiger partial charge in [-0.15, -0.1) is 0 Å². The van der Waals surface area contributed by atoms with Gasteiger partial charge in [-0.2, -0.15) is 10.2 Å². The molecule has 10 heteroatoms. The van der Waals surface area contributed by atoms with E-state index >= 15 is 0 Å². The molecule has 0 saturated heterocycles. The molecule has 3 N–H and O–H groups in total. The maximum absolute atomic E-state index is 13.1. The van der Waals surface area contributed by atoms with Crippen molar-refractivity contribution in [2.45, 2.75) is 53.1 Å². The zero-order valence-corrected chi connectivity index (χ0v) is 23.2. The van der Waals surface area contributed by atoms with E-state index in [2.05, 4.69) is 63.6 Å². The Labute approximate surface area is 227 Å². The fraction of sp³-hybridized carbons (Fsp3) is 0.345. The van der Waals surface area contributed by atoms with E-state index in [9.17, 15) is 9.59 Å². The first kappa shape index (κ1) is 26.3. The van der Waals surface area contributed by atoms with Gasteiger partial charge < -0.3 is 10.6 Å². The SMILES string of the molecule is Cc1ccc(-c2cc(Nc3cc4n(n3)CCN(C)C4)c(=O)[nH]n2)c(C)c1NC(=O)c1ccc(C(C)(C)C)cn1. The number of aryl methyl sites for hydroxylation is 1. The van der Waals surface area contributed by atoms with Crippen LogP contribution in [0.25, 0.3) is 11.3 Å². The van der Waals surface area contributed by atoms with Crippen LogP contribution in [-0.2, 0) is 18.5 Å². The van der Waals surface area contributed by atoms with Crippen LogP contribution in [0.3, 0.4) is 0 Å². The summed E-state index contributed by atoms with van der Waals surface area (Å²) in [7, 11) is 2.07. The second-order valence-electron chi connectivity index (χ2n) is 11.2. The standard InChI is InChI=1S/C29H34N8O2/c1-17-7-9-21(18(2)26(17)32-27(38)22-10-8-19(15-30-22)29(3,4)5)23-14-24(28(39)34-33-23)31-25-13-20-16-36(6)11-12-37(20)35-25/h7-10,13-15H,11-12,16H2,1-6H3,(H,32,38)(H,34,39)(H,31,33,35). The summed E-state index contributed by atoms with van der Waals surface area (Å²) in [5, 5.41) is 17.7. The van der Waals surface area contributed by atoms with Crippen molar-refractivity contribution in [3.05, 3.63) is 81.0 Å². The van der Waals surface area contributed by atoms with Gasteiger partial charge in [0.1, 0.15) is 11.4 Å². The molecule has 10 nitrogen and oxygen atoms in total. The molecule has 0 fully saturated rings. The average molecular weight is 527 g/mol. The number of carbonyl (C=O) groups excluding carboxylic acids is 1. The summed E-state index contributed by atoms with van der Waals surface area (Å²) in [6.45, 7) is 12.7. The van der Waals surface area contributed by atoms with E-state index in [4.69, 9.17) is 0 Å². The maximum Gasteiger partial charge on any atom is 0.287 e. The van der Waals surface area contributed by atoms with Crippen LogP contribution in [0.4, 0.5) is 17.2 Å². The maximum atomic E-state index is 13.1. The monoisotopic (exact) mass is 526 g/mol. The predicted octanol–water partition coefficient (Wildman–Crippen LogP) is 4.38. The summed E-state index contributed by atoms with van der Waals surface area (Å²) >= 11 is 0. The molecular formula is C29H34N8O2. The minimum atomic E-state index is -0.343. The van der Waals surface area contributed by atoms with Crippen molar-refractivity contribution in [2.24, 2.45) is 0 Å². The van der Waals surface area contributed by atoms with Gasteiger partial charge in [0.15, 0.2) is 5.82 Å². The number of hydrogen-bond donors (Lipinski definition) is 3. The number of amides is 1. The lowest BCUT2D eigenvalue weighted by atomic mass is 9.88. The molecule has 202 valence electrons. The number of aromatic nitrogens is 5. The van der Waals surface area contributed by atoms with E-state index in [1.807, 2.05) is 42.8 Å². The van der Waals surface area contributed by atoms with E-state index in [-0.39, 0.29) is 16.9 Å². The topological polar surface area (TPSA) is 121 Å². The Morgan fingerprint density at radius 3 is 2.59 bits per heavy atom. The van der Waals surface area contributed by atoms with Gasteiger partial charge in [-0.05, 0) is 55.1 Å². The number of likely N-dealkylation sites (N-methyl/N-ethyl adjacent to an activating group) is 1. The molecule has 0 atom stereocenters. The molecule has 0 aliphatic carbocycles. The molecule has 1 aliphatic rings. The molecule has 0 unspecified atom stereocenters. The van der Waals surface area contributed by atoms with Crippen LogP contribution >= 0.6 is 0 Å². The Balaban J connectivity index is 1.41. The van der Waals surface area contributed by atoms with E-state index in [0.717, 1.165) is 47.6 Å². The summed E-state index contributed by atoms with van der Waals surface area (Å²) in [6.07, 6.45) is 1.75. The van der Waals surface area contributed by atoms with Gasteiger partial charge in [-0.25, -0.2) is 5.10 Å². The van der Waals surface area contributed by atoms with Crippen LogP contribution in [0, 0.1) is 13.8 Å². The third-order valence-electron chi connectivity index (χ3n) is 7.11. The van der Waals surface area contributed by atoms with Gasteiger partial charge in [-0.3, -0.25) is 24.2 Å². The van der Waals surface area contributed by atoms with Crippen molar-refractivity contribution in [3.63, 3.8) is 0 Å². The average Bonchev–Trinajstić information content (AvgIpc) is 3.29. The third kappa shape index (κ3) is 5.46. The van der Waals surface area contributed by atoms with E-state index < -0.39 is 0 Å². The van der Waals surface area contributed by atoms with Crippen molar-refractivity contribution in [3.8, 4) is 11.3 Å². The lowest BCUT2D eigenvalue weighted by Crippen LogP contribution is -2.30. The molecular weight excluding hydrogens is 492 g/mol. The predicted molar refractivity (Wildman–Crippen MR) is 153 cm³/mol. The van der Waals surface area contributed by atoms with Crippen LogP contribution in [0.2, 0.25) is 0 Å². The zero-order valence-electron chi connectivity index (χ0n) is 23.2. The third-order valence-corrected chi connectivity index (χ3v) is 7.11. The molecule has 0 radical (unpaired) electrons. The molecule has 1 amide bonds. The summed E-state index contributed by atoms with van der Waals surface area (Å²) < 4.78 is 1.96. The highest BCUT2D eigenvalue weighted by Gasteiger charge is 2.19. The molecule has 1 aliphatic heterocycles. The lowest BCUT2D eigenvalue weighted by Gasteiger charge is -2.22. The number of pyridine rings is 1. The number of fused-ring (bicyclic) bond motifs is 1. The Hall–Kier alpha value is -4.31. The highest BCUT2D eigenvalue weighted by Crippen LogP contribution is 2.31. The first-order valence-corrected chi connectivity index (χ1v) is 13.0. The van der Waals surface area contributed by atoms with Gasteiger partial charge in [0.25, 0.3) is 11.5 Å². The molecule has 0 bridgehead atoms. The van der Waals surface area contributed by atoms with Crippen molar-refractivity contribution in [2.75, 3.05) is 24.2 Å². The number of hydrogen-bond acceptors (Lipinski definition) is 7. The van der Waals surface area contributed by atoms with E-state index in [1.165, 1.54) is 0 Å². The summed E-state index contributed by atoms with van der Waals surface area (Å²) in [4.78, 5) is 32.3. The summed E-state index contributed by atoms with van der Waals surface area (Å²) in [6, 6.07) is 11.2. The van der Waals surface area contributed by atoms with Gasteiger partial charge in [0.2, 0.25) is 0 Å². The van der Waals surface area contributed by atoms with Crippen LogP contribution < -0.4 is 16.2 Å². The molecule has 3 aromatic heterocycles. The Kier molecular flexibility index (Phi) is 6.82. The fourth-order valence-electron chi connectivity index (χ4n) is 4.70. The van der Waals surface area contributed by atoms with Crippen LogP contribution in [0.5, 0.6) is 0 Å². The number of benzene rings is 1. The highest BCUT2D eigenvalue weighted by atomic mass is 16.2. The van der Waals surface area contributed by atoms with Crippen molar-refractivity contribution in [1.82, 2.24) is 29.9 Å². The minimum absolute atomic E-state index is 0.0469.